The van der Waals surface area contributed by atoms with Gasteiger partial charge in [-0.3, -0.25) is 4.79 Å². The second-order valence-corrected chi connectivity index (χ2v) is 7.71. The minimum Gasteiger partial charge on any atom is -0.362 e. The minimum absolute atomic E-state index is 0.305. The van der Waals surface area contributed by atoms with Crippen molar-refractivity contribution in [2.24, 2.45) is 0 Å². The van der Waals surface area contributed by atoms with Crippen LogP contribution in [0.25, 0.3) is 0 Å². The highest BCUT2D eigenvalue weighted by atomic mass is 35.6. The molecule has 0 aliphatic rings. The summed E-state index contributed by atoms with van der Waals surface area (Å²) in [5, 5.41) is 5.96. The molecule has 1 atom stereocenters. The molecule has 122 valence electrons. The SMILES string of the molecule is Cc1ccc(N[C@@H](NC(=O)c2ccccc2Cl)C(Cl)(Cl)Cl)cc1. The number of halogens is 4. The highest BCUT2D eigenvalue weighted by molar-refractivity contribution is 6.68. The largest absolute Gasteiger partial charge is 0.362 e. The van der Waals surface area contributed by atoms with Crippen LogP contribution in [0.3, 0.4) is 0 Å². The highest BCUT2D eigenvalue weighted by Gasteiger charge is 2.34. The molecule has 0 fully saturated rings. The molecule has 0 aliphatic carbocycles. The first-order valence-electron chi connectivity index (χ1n) is 6.72. The van der Waals surface area contributed by atoms with E-state index in [-0.39, 0.29) is 0 Å². The summed E-state index contributed by atoms with van der Waals surface area (Å²) in [5.41, 5.74) is 2.12. The molecule has 0 saturated carbocycles. The maximum absolute atomic E-state index is 12.4. The Kier molecular flexibility index (Phi) is 6.04. The van der Waals surface area contributed by atoms with Gasteiger partial charge in [0.2, 0.25) is 3.79 Å². The lowest BCUT2D eigenvalue weighted by molar-refractivity contribution is 0.0942. The molecule has 0 saturated heterocycles. The predicted molar refractivity (Wildman–Crippen MR) is 97.8 cm³/mol. The predicted octanol–water partition coefficient (Wildman–Crippen LogP) is 5.19. The Balaban J connectivity index is 2.18. The average molecular weight is 392 g/mol. The summed E-state index contributed by atoms with van der Waals surface area (Å²) in [7, 11) is 0. The lowest BCUT2D eigenvalue weighted by Crippen LogP contribution is -2.49. The maximum atomic E-state index is 12.4. The number of nitrogens with one attached hydrogen (secondary N) is 2. The van der Waals surface area contributed by atoms with E-state index in [9.17, 15) is 4.79 Å². The zero-order chi connectivity index (χ0) is 17.0. The van der Waals surface area contributed by atoms with Crippen molar-refractivity contribution >= 4 is 58.0 Å². The Bertz CT molecular complexity index is 683. The van der Waals surface area contributed by atoms with Gasteiger partial charge in [0.25, 0.3) is 5.91 Å². The van der Waals surface area contributed by atoms with Crippen molar-refractivity contribution < 1.29 is 4.79 Å². The van der Waals surface area contributed by atoms with E-state index < -0.39 is 15.9 Å². The number of hydrogen-bond donors (Lipinski definition) is 2. The van der Waals surface area contributed by atoms with Crippen LogP contribution in [-0.2, 0) is 0 Å². The molecule has 0 heterocycles. The molecule has 3 nitrogen and oxygen atoms in total. The molecule has 2 N–H and O–H groups in total. The monoisotopic (exact) mass is 390 g/mol. The van der Waals surface area contributed by atoms with Gasteiger partial charge in [-0.25, -0.2) is 0 Å². The summed E-state index contributed by atoms with van der Waals surface area (Å²) < 4.78 is -1.75. The number of carbonyl (C=O) groups excluding carboxylic acids is 1. The number of hydrogen-bond acceptors (Lipinski definition) is 2. The number of benzene rings is 2. The standard InChI is InChI=1S/C16H14Cl4N2O/c1-10-6-8-11(9-7-10)21-15(16(18,19)20)22-14(23)12-4-2-3-5-13(12)17/h2-9,15,21H,1H3,(H,22,23)/t15-/m0/s1. The third-order valence-corrected chi connectivity index (χ3v) is 4.07. The fourth-order valence-electron chi connectivity index (χ4n) is 1.87. The quantitative estimate of drug-likeness (QED) is 0.556. The van der Waals surface area contributed by atoms with Gasteiger partial charge in [0.15, 0.2) is 0 Å². The topological polar surface area (TPSA) is 41.1 Å². The van der Waals surface area contributed by atoms with Gasteiger partial charge in [-0.1, -0.05) is 76.2 Å². The normalized spacial score (nSPS) is 12.6. The van der Waals surface area contributed by atoms with Gasteiger partial charge in [-0.15, -0.1) is 0 Å². The molecule has 0 radical (unpaired) electrons. The van der Waals surface area contributed by atoms with E-state index >= 15 is 0 Å². The van der Waals surface area contributed by atoms with Gasteiger partial charge >= 0.3 is 0 Å². The second-order valence-electron chi connectivity index (χ2n) is 4.94. The van der Waals surface area contributed by atoms with Crippen molar-refractivity contribution in [3.05, 3.63) is 64.7 Å². The molecule has 0 aromatic heterocycles. The zero-order valence-corrected chi connectivity index (χ0v) is 15.1. The number of anilines is 1. The molecule has 1 amide bonds. The summed E-state index contributed by atoms with van der Waals surface area (Å²) in [6, 6.07) is 14.1. The van der Waals surface area contributed by atoms with E-state index in [1.54, 1.807) is 24.3 Å². The van der Waals surface area contributed by atoms with Crippen LogP contribution in [0.4, 0.5) is 5.69 Å². The van der Waals surface area contributed by atoms with Gasteiger partial charge in [0.05, 0.1) is 10.6 Å². The van der Waals surface area contributed by atoms with Crippen LogP contribution in [-0.4, -0.2) is 15.9 Å². The molecule has 0 bridgehead atoms. The Labute approximate surface area is 154 Å². The highest BCUT2D eigenvalue weighted by Crippen LogP contribution is 2.31. The number of carbonyl (C=O) groups is 1. The van der Waals surface area contributed by atoms with Crippen LogP contribution in [0.5, 0.6) is 0 Å². The van der Waals surface area contributed by atoms with Crippen molar-refractivity contribution in [3.8, 4) is 0 Å². The lowest BCUT2D eigenvalue weighted by atomic mass is 10.2. The van der Waals surface area contributed by atoms with Crippen LogP contribution < -0.4 is 10.6 Å². The second kappa shape index (κ2) is 7.63. The fourth-order valence-corrected chi connectivity index (χ4v) is 2.42. The van der Waals surface area contributed by atoms with Gasteiger partial charge in [-0.05, 0) is 31.2 Å². The fraction of sp³-hybridized carbons (Fsp3) is 0.188. The van der Waals surface area contributed by atoms with Crippen molar-refractivity contribution in [3.63, 3.8) is 0 Å². The van der Waals surface area contributed by atoms with Crippen molar-refractivity contribution in [1.29, 1.82) is 0 Å². The maximum Gasteiger partial charge on any atom is 0.254 e. The van der Waals surface area contributed by atoms with Crippen molar-refractivity contribution in [2.45, 2.75) is 16.9 Å². The summed E-state index contributed by atoms with van der Waals surface area (Å²) >= 11 is 23.9. The third kappa shape index (κ3) is 5.18. The number of rotatable bonds is 4. The Morgan fingerprint density at radius 1 is 1.04 bits per heavy atom. The van der Waals surface area contributed by atoms with E-state index in [4.69, 9.17) is 46.4 Å². The molecular weight excluding hydrogens is 378 g/mol. The van der Waals surface area contributed by atoms with Crippen molar-refractivity contribution in [2.75, 3.05) is 5.32 Å². The van der Waals surface area contributed by atoms with Crippen LogP contribution in [0.1, 0.15) is 15.9 Å². The van der Waals surface area contributed by atoms with Gasteiger partial charge in [0, 0.05) is 5.69 Å². The molecule has 2 aromatic carbocycles. The van der Waals surface area contributed by atoms with E-state index in [1.807, 2.05) is 31.2 Å². The Morgan fingerprint density at radius 2 is 1.65 bits per heavy atom. The number of amides is 1. The smallest absolute Gasteiger partial charge is 0.254 e. The molecule has 2 aromatic rings. The molecular formula is C16H14Cl4N2O. The summed E-state index contributed by atoms with van der Waals surface area (Å²) in [5.74, 6) is -0.438. The summed E-state index contributed by atoms with van der Waals surface area (Å²) in [6.45, 7) is 1.97. The number of alkyl halides is 3. The van der Waals surface area contributed by atoms with Crippen molar-refractivity contribution in [1.82, 2.24) is 5.32 Å². The Hall–Kier alpha value is -1.13. The first-order chi connectivity index (χ1) is 10.8. The van der Waals surface area contributed by atoms with Gasteiger partial charge < -0.3 is 10.6 Å². The summed E-state index contributed by atoms with van der Waals surface area (Å²) in [4.78, 5) is 12.4. The minimum atomic E-state index is -1.75. The molecule has 7 heteroatoms. The number of aryl methyl sites for hydroxylation is 1. The van der Waals surface area contributed by atoms with Crippen LogP contribution in [0, 0.1) is 6.92 Å². The third-order valence-electron chi connectivity index (χ3n) is 3.08. The average Bonchev–Trinajstić information content (AvgIpc) is 2.48. The lowest BCUT2D eigenvalue weighted by Gasteiger charge is -2.27. The Morgan fingerprint density at radius 3 is 2.22 bits per heavy atom. The van der Waals surface area contributed by atoms with Gasteiger partial charge in [0.1, 0.15) is 6.17 Å². The molecule has 0 aliphatic heterocycles. The van der Waals surface area contributed by atoms with Crippen LogP contribution >= 0.6 is 46.4 Å². The first-order valence-corrected chi connectivity index (χ1v) is 8.24. The molecule has 23 heavy (non-hydrogen) atoms. The first kappa shape index (κ1) is 18.2. The van der Waals surface area contributed by atoms with E-state index in [2.05, 4.69) is 10.6 Å². The van der Waals surface area contributed by atoms with E-state index in [0.717, 1.165) is 5.56 Å². The summed E-state index contributed by atoms with van der Waals surface area (Å²) in [6.07, 6.45) is -0.932. The van der Waals surface area contributed by atoms with Crippen LogP contribution in [0.2, 0.25) is 5.02 Å². The molecule has 0 spiro atoms. The molecule has 2 rings (SSSR count). The van der Waals surface area contributed by atoms with Crippen LogP contribution in [0.15, 0.2) is 48.5 Å². The van der Waals surface area contributed by atoms with E-state index in [0.29, 0.717) is 16.3 Å². The van der Waals surface area contributed by atoms with E-state index in [1.165, 1.54) is 0 Å². The zero-order valence-electron chi connectivity index (χ0n) is 12.1. The van der Waals surface area contributed by atoms with Gasteiger partial charge in [-0.2, -0.15) is 0 Å². The molecule has 0 unspecified atom stereocenters.